The van der Waals surface area contributed by atoms with Gasteiger partial charge in [-0.15, -0.1) is 0 Å². The van der Waals surface area contributed by atoms with Gasteiger partial charge >= 0.3 is 5.97 Å². The fourth-order valence-electron chi connectivity index (χ4n) is 1.81. The average Bonchev–Trinajstić information content (AvgIpc) is 2.41. The molecule has 2 aromatic carbocycles. The molecule has 3 nitrogen and oxygen atoms in total. The van der Waals surface area contributed by atoms with Crippen molar-refractivity contribution in [3.63, 3.8) is 0 Å². The Labute approximate surface area is 124 Å². The fraction of sp³-hybridized carbons (Fsp3) is 0.0714. The number of carboxylic acids is 1. The molecule has 6 heteroatoms. The van der Waals surface area contributed by atoms with Crippen molar-refractivity contribution in [3.05, 3.63) is 57.8 Å². The van der Waals surface area contributed by atoms with Crippen LogP contribution in [0.15, 0.2) is 36.4 Å². The summed E-state index contributed by atoms with van der Waals surface area (Å²) in [6.45, 7) is 0. The summed E-state index contributed by atoms with van der Waals surface area (Å²) in [5, 5.41) is 18.9. The molecule has 0 saturated carbocycles. The maximum Gasteiger partial charge on any atom is 0.337 e. The summed E-state index contributed by atoms with van der Waals surface area (Å²) in [6.07, 6.45) is -1.94. The molecule has 0 radical (unpaired) electrons. The molecule has 104 valence electrons. The van der Waals surface area contributed by atoms with Gasteiger partial charge in [0.15, 0.2) is 6.10 Å². The molecule has 0 saturated heterocycles. The first-order valence-corrected chi connectivity index (χ1v) is 6.32. The van der Waals surface area contributed by atoms with E-state index in [2.05, 4.69) is 0 Å². The highest BCUT2D eigenvalue weighted by atomic mass is 35.5. The van der Waals surface area contributed by atoms with Gasteiger partial charge in [-0.2, -0.15) is 0 Å². The predicted octanol–water partition coefficient (Wildman–Crippen LogP) is 3.92. The number of aliphatic hydroxyl groups is 1. The maximum atomic E-state index is 14.4. The lowest BCUT2D eigenvalue weighted by Crippen LogP contribution is -2.12. The Morgan fingerprint density at radius 3 is 2.50 bits per heavy atom. The molecule has 2 rings (SSSR count). The van der Waals surface area contributed by atoms with E-state index in [0.29, 0.717) is 10.6 Å². The second kappa shape index (κ2) is 5.79. The Bertz CT molecular complexity index is 673. The largest absolute Gasteiger partial charge is 0.479 e. The first-order chi connectivity index (χ1) is 9.41. The second-order valence-electron chi connectivity index (χ2n) is 4.07. The smallest absolute Gasteiger partial charge is 0.337 e. The van der Waals surface area contributed by atoms with Crippen LogP contribution in [0, 0.1) is 5.82 Å². The molecule has 0 aliphatic heterocycles. The lowest BCUT2D eigenvalue weighted by atomic mass is 9.99. The highest BCUT2D eigenvalue weighted by Crippen LogP contribution is 2.34. The molecule has 0 aromatic heterocycles. The summed E-state index contributed by atoms with van der Waals surface area (Å²) in [5.41, 5.74) is 0.0810. The van der Waals surface area contributed by atoms with Crippen LogP contribution in [0.5, 0.6) is 0 Å². The SMILES string of the molecule is O=C(O)C(O)c1cccc(-c2cc(Cl)ccc2Cl)c1F. The third kappa shape index (κ3) is 2.77. The van der Waals surface area contributed by atoms with Crippen LogP contribution in [0.2, 0.25) is 10.0 Å². The zero-order chi connectivity index (χ0) is 14.9. The number of hydrogen-bond acceptors (Lipinski definition) is 2. The maximum absolute atomic E-state index is 14.4. The van der Waals surface area contributed by atoms with E-state index in [4.69, 9.17) is 28.3 Å². The average molecular weight is 315 g/mol. The van der Waals surface area contributed by atoms with Crippen LogP contribution < -0.4 is 0 Å². The van der Waals surface area contributed by atoms with Crippen LogP contribution in [0.25, 0.3) is 11.1 Å². The Morgan fingerprint density at radius 2 is 1.85 bits per heavy atom. The van der Waals surface area contributed by atoms with E-state index in [0.717, 1.165) is 0 Å². The highest BCUT2D eigenvalue weighted by molar-refractivity contribution is 6.35. The van der Waals surface area contributed by atoms with Crippen molar-refractivity contribution in [2.24, 2.45) is 0 Å². The van der Waals surface area contributed by atoms with Gasteiger partial charge in [0, 0.05) is 26.7 Å². The van der Waals surface area contributed by atoms with Crippen molar-refractivity contribution < 1.29 is 19.4 Å². The van der Waals surface area contributed by atoms with Crippen molar-refractivity contribution in [1.82, 2.24) is 0 Å². The van der Waals surface area contributed by atoms with Crippen molar-refractivity contribution in [3.8, 4) is 11.1 Å². The number of hydrogen-bond donors (Lipinski definition) is 2. The minimum absolute atomic E-state index is 0.0790. The van der Waals surface area contributed by atoms with Crippen LogP contribution >= 0.6 is 23.2 Å². The van der Waals surface area contributed by atoms with E-state index < -0.39 is 17.9 Å². The Kier molecular flexibility index (Phi) is 4.28. The highest BCUT2D eigenvalue weighted by Gasteiger charge is 2.22. The molecule has 0 aliphatic carbocycles. The molecule has 0 aliphatic rings. The molecular weight excluding hydrogens is 306 g/mol. The number of aliphatic hydroxyl groups excluding tert-OH is 1. The van der Waals surface area contributed by atoms with Crippen molar-refractivity contribution in [1.29, 1.82) is 0 Å². The van der Waals surface area contributed by atoms with Gasteiger partial charge in [-0.3, -0.25) is 0 Å². The second-order valence-corrected chi connectivity index (χ2v) is 4.92. The summed E-state index contributed by atoms with van der Waals surface area (Å²) < 4.78 is 14.4. The van der Waals surface area contributed by atoms with Gasteiger partial charge in [-0.1, -0.05) is 41.4 Å². The van der Waals surface area contributed by atoms with Gasteiger partial charge in [0.05, 0.1) is 0 Å². The predicted molar refractivity (Wildman–Crippen MR) is 74.5 cm³/mol. The number of benzene rings is 2. The molecule has 20 heavy (non-hydrogen) atoms. The molecule has 1 unspecified atom stereocenters. The van der Waals surface area contributed by atoms with Crippen LogP contribution in [0.4, 0.5) is 4.39 Å². The minimum atomic E-state index is -1.94. The minimum Gasteiger partial charge on any atom is -0.479 e. The van der Waals surface area contributed by atoms with Gasteiger partial charge in [0.1, 0.15) is 5.82 Å². The number of rotatable bonds is 3. The summed E-state index contributed by atoms with van der Waals surface area (Å²) in [5.74, 6) is -2.37. The molecule has 0 amide bonds. The van der Waals surface area contributed by atoms with E-state index in [1.807, 2.05) is 0 Å². The lowest BCUT2D eigenvalue weighted by Gasteiger charge is -2.12. The Morgan fingerprint density at radius 1 is 1.15 bits per heavy atom. The summed E-state index contributed by atoms with van der Waals surface area (Å²) >= 11 is 11.8. The molecule has 2 aromatic rings. The van der Waals surface area contributed by atoms with E-state index in [9.17, 15) is 14.3 Å². The molecule has 2 N–H and O–H groups in total. The molecule has 0 bridgehead atoms. The quantitative estimate of drug-likeness (QED) is 0.902. The van der Waals surface area contributed by atoms with Gasteiger partial charge < -0.3 is 10.2 Å². The first kappa shape index (κ1) is 14.8. The van der Waals surface area contributed by atoms with Crippen LogP contribution in [0.3, 0.4) is 0 Å². The van der Waals surface area contributed by atoms with E-state index in [1.54, 1.807) is 6.07 Å². The summed E-state index contributed by atoms with van der Waals surface area (Å²) in [6, 6.07) is 8.62. The van der Waals surface area contributed by atoms with E-state index >= 15 is 0 Å². The number of aliphatic carboxylic acids is 1. The van der Waals surface area contributed by atoms with Crippen LogP contribution in [0.1, 0.15) is 11.7 Å². The zero-order valence-electron chi connectivity index (χ0n) is 9.98. The standard InChI is InChI=1S/C14H9Cl2FO3/c15-7-4-5-11(16)10(6-7)8-2-1-3-9(12(8)17)13(18)14(19)20/h1-6,13,18H,(H,19,20). The molecule has 1 atom stereocenters. The van der Waals surface area contributed by atoms with Gasteiger partial charge in [0.2, 0.25) is 0 Å². The van der Waals surface area contributed by atoms with E-state index in [1.165, 1.54) is 30.3 Å². The van der Waals surface area contributed by atoms with E-state index in [-0.39, 0.29) is 16.1 Å². The number of carbonyl (C=O) groups is 1. The van der Waals surface area contributed by atoms with Crippen molar-refractivity contribution >= 4 is 29.2 Å². The van der Waals surface area contributed by atoms with Crippen LogP contribution in [-0.4, -0.2) is 16.2 Å². The monoisotopic (exact) mass is 314 g/mol. The first-order valence-electron chi connectivity index (χ1n) is 5.56. The molecule has 0 fully saturated rings. The Balaban J connectivity index is 2.61. The van der Waals surface area contributed by atoms with Crippen molar-refractivity contribution in [2.75, 3.05) is 0 Å². The normalized spacial score (nSPS) is 12.2. The zero-order valence-corrected chi connectivity index (χ0v) is 11.5. The third-order valence-electron chi connectivity index (χ3n) is 2.78. The summed E-state index contributed by atoms with van der Waals surface area (Å²) in [7, 11) is 0. The topological polar surface area (TPSA) is 57.5 Å². The Hall–Kier alpha value is -1.62. The third-order valence-corrected chi connectivity index (χ3v) is 3.34. The molecule has 0 heterocycles. The molecule has 0 spiro atoms. The summed E-state index contributed by atoms with van der Waals surface area (Å²) in [4.78, 5) is 10.8. The fourth-order valence-corrected chi connectivity index (χ4v) is 2.20. The van der Waals surface area contributed by atoms with Gasteiger partial charge in [0.25, 0.3) is 0 Å². The molecular formula is C14H9Cl2FO3. The number of carboxylic acid groups (broad SMARTS) is 1. The van der Waals surface area contributed by atoms with Gasteiger partial charge in [-0.05, 0) is 18.2 Å². The van der Waals surface area contributed by atoms with Crippen LogP contribution in [-0.2, 0) is 4.79 Å². The lowest BCUT2D eigenvalue weighted by molar-refractivity contribution is -0.147. The van der Waals surface area contributed by atoms with Gasteiger partial charge in [-0.25, -0.2) is 9.18 Å². The van der Waals surface area contributed by atoms with Crippen molar-refractivity contribution in [2.45, 2.75) is 6.10 Å². The number of halogens is 3.